The molecule has 0 aromatic carbocycles. The molecule has 2 aliphatic carbocycles. The highest BCUT2D eigenvalue weighted by Gasteiger charge is 2.55. The molecule has 0 saturated heterocycles. The Kier molecular flexibility index (Phi) is 16.5. The fourth-order valence-corrected chi connectivity index (χ4v) is 20.1. The SMILES string of the molecule is CCCCCCCCC1(CCCCCCCC)c2cc(Br)sc2-c2sc3c(c21)C=CN1C(=O)C2=C4c5sc6c(c5C=CN4C(O)C2=C31)C(CCCCCCCC)(CCCCCCCC)c1cc(Br)sc1-6. The van der Waals surface area contributed by atoms with Gasteiger partial charge in [0, 0.05) is 49.7 Å². The smallest absolute Gasteiger partial charge is 0.265 e. The molecule has 1 unspecified atom stereocenters. The van der Waals surface area contributed by atoms with Crippen molar-refractivity contribution in [3.05, 3.63) is 86.4 Å². The van der Waals surface area contributed by atoms with Gasteiger partial charge in [-0.1, -0.05) is 182 Å². The van der Waals surface area contributed by atoms with Crippen molar-refractivity contribution in [2.75, 3.05) is 0 Å². The van der Waals surface area contributed by atoms with E-state index in [4.69, 9.17) is 0 Å². The lowest BCUT2D eigenvalue weighted by Gasteiger charge is -2.34. The third kappa shape index (κ3) is 8.99. The van der Waals surface area contributed by atoms with Crippen molar-refractivity contribution in [2.24, 2.45) is 0 Å². The fraction of sp³-hybridized carbons (Fsp3) is 0.583. The Balaban J connectivity index is 1.06. The van der Waals surface area contributed by atoms with Crippen molar-refractivity contribution < 1.29 is 9.90 Å². The summed E-state index contributed by atoms with van der Waals surface area (Å²) in [6, 6.07) is 4.93. The van der Waals surface area contributed by atoms with Gasteiger partial charge in [0.1, 0.15) is 0 Å². The molecule has 4 aromatic rings. The molecule has 4 aromatic heterocycles. The summed E-state index contributed by atoms with van der Waals surface area (Å²) in [5.74, 6) is 0.00164. The number of carbonyl (C=O) groups excluding carboxylic acids is 1. The van der Waals surface area contributed by atoms with Crippen molar-refractivity contribution in [1.82, 2.24) is 9.80 Å². The van der Waals surface area contributed by atoms with E-state index in [2.05, 4.69) is 96.2 Å². The summed E-state index contributed by atoms with van der Waals surface area (Å²) in [4.78, 5) is 27.2. The molecule has 4 nitrogen and oxygen atoms in total. The van der Waals surface area contributed by atoms with Gasteiger partial charge in [0.2, 0.25) is 0 Å². The highest BCUT2D eigenvalue weighted by Crippen LogP contribution is 2.67. The Morgan fingerprint density at radius 3 is 1.31 bits per heavy atom. The molecular weight excluding hydrogens is 1070 g/mol. The van der Waals surface area contributed by atoms with Crippen molar-refractivity contribution in [3.8, 4) is 19.5 Å². The fourth-order valence-electron chi connectivity index (χ4n) is 13.5. The van der Waals surface area contributed by atoms with Gasteiger partial charge in [0.15, 0.2) is 6.23 Å². The largest absolute Gasteiger partial charge is 0.369 e. The zero-order chi connectivity index (χ0) is 48.6. The number of nitrogens with zero attached hydrogens (tertiary/aromatic N) is 2. The summed E-state index contributed by atoms with van der Waals surface area (Å²) >= 11 is 15.5. The van der Waals surface area contributed by atoms with Gasteiger partial charge in [-0.2, -0.15) is 0 Å². The quantitative estimate of drug-likeness (QED) is 0.0577. The number of rotatable bonds is 28. The van der Waals surface area contributed by atoms with E-state index >= 15 is 4.79 Å². The van der Waals surface area contributed by atoms with Gasteiger partial charge >= 0.3 is 0 Å². The van der Waals surface area contributed by atoms with Crippen molar-refractivity contribution in [1.29, 1.82) is 0 Å². The summed E-state index contributed by atoms with van der Waals surface area (Å²) < 4.78 is 2.43. The molecule has 70 heavy (non-hydrogen) atoms. The van der Waals surface area contributed by atoms with E-state index in [1.165, 1.54) is 224 Å². The summed E-state index contributed by atoms with van der Waals surface area (Å²) in [7, 11) is 0. The zero-order valence-corrected chi connectivity index (χ0v) is 48.9. The molecule has 376 valence electrons. The second kappa shape index (κ2) is 22.4. The van der Waals surface area contributed by atoms with E-state index in [0.717, 1.165) is 42.7 Å². The molecule has 10 rings (SSSR count). The van der Waals surface area contributed by atoms with Crippen LogP contribution in [0.2, 0.25) is 0 Å². The van der Waals surface area contributed by atoms with Crippen LogP contribution in [0.25, 0.3) is 43.1 Å². The van der Waals surface area contributed by atoms with Crippen LogP contribution < -0.4 is 0 Å². The average molecular weight is 1150 g/mol. The number of unbranched alkanes of at least 4 members (excludes halogenated alkanes) is 20. The Labute approximate surface area is 453 Å². The first-order chi connectivity index (χ1) is 34.2. The van der Waals surface area contributed by atoms with Crippen LogP contribution >= 0.6 is 77.2 Å². The highest BCUT2D eigenvalue weighted by atomic mass is 79.9. The van der Waals surface area contributed by atoms with Crippen LogP contribution in [0.1, 0.15) is 251 Å². The van der Waals surface area contributed by atoms with Crippen LogP contribution in [0.5, 0.6) is 0 Å². The lowest BCUT2D eigenvalue weighted by Crippen LogP contribution is -2.30. The third-order valence-corrected chi connectivity index (χ3v) is 23.0. The number of carbonyl (C=O) groups is 1. The van der Waals surface area contributed by atoms with Crippen LogP contribution in [-0.4, -0.2) is 27.0 Å². The number of amides is 1. The number of hydrogen-bond acceptors (Lipinski definition) is 7. The Morgan fingerprint density at radius 2 is 0.886 bits per heavy atom. The first kappa shape index (κ1) is 51.4. The Bertz CT molecular complexity index is 2650. The van der Waals surface area contributed by atoms with Crippen LogP contribution in [0, 0.1) is 0 Å². The first-order valence-electron chi connectivity index (χ1n) is 27.8. The molecule has 0 fully saturated rings. The molecule has 0 radical (unpaired) electrons. The molecule has 8 heterocycles. The van der Waals surface area contributed by atoms with E-state index in [0.29, 0.717) is 5.57 Å². The number of thiophene rings is 4. The molecular formula is C60H76Br2N2O2S4. The van der Waals surface area contributed by atoms with E-state index in [1.54, 1.807) is 0 Å². The van der Waals surface area contributed by atoms with Crippen LogP contribution in [0.15, 0.2) is 43.3 Å². The molecule has 1 N–H and O–H groups in total. The maximum absolute atomic E-state index is 15.3. The average Bonchev–Trinajstić information content (AvgIpc) is 4.24. The lowest BCUT2D eigenvalue weighted by molar-refractivity contribution is -0.121. The predicted octanol–water partition coefficient (Wildman–Crippen LogP) is 20.6. The molecule has 10 heteroatoms. The van der Waals surface area contributed by atoms with E-state index < -0.39 is 6.23 Å². The van der Waals surface area contributed by atoms with Gasteiger partial charge in [0.25, 0.3) is 5.91 Å². The van der Waals surface area contributed by atoms with E-state index in [1.807, 2.05) is 55.1 Å². The van der Waals surface area contributed by atoms with Crippen LogP contribution in [0.3, 0.4) is 0 Å². The van der Waals surface area contributed by atoms with Crippen LogP contribution in [0.4, 0.5) is 0 Å². The minimum atomic E-state index is -0.934. The van der Waals surface area contributed by atoms with Gasteiger partial charge in [-0.25, -0.2) is 0 Å². The molecule has 1 atom stereocenters. The Hall–Kier alpha value is -2.05. The standard InChI is InChI=1S/C60H76Br2N2O2S4/c1-5-9-13-17-21-25-31-59(32-26-22-18-14-10-6-2)41-37-43(61)67-53(41)55-47(59)39-29-35-63-49(51(39)69-55)45-46(58(63)66)50-52-40(30-36-64(50)57(45)65)48-56(70-52)54-42(38-44(62)68-54)60(48,33-27-23-19-15-11-7-3)34-28-24-20-16-12-8-4/h29-30,35-38,57,65H,5-28,31-34H2,1-4H3. The molecule has 4 aliphatic heterocycles. The van der Waals surface area contributed by atoms with Crippen molar-refractivity contribution in [3.63, 3.8) is 0 Å². The minimum Gasteiger partial charge on any atom is -0.369 e. The maximum atomic E-state index is 15.3. The van der Waals surface area contributed by atoms with E-state index in [9.17, 15) is 5.11 Å². The molecule has 0 bridgehead atoms. The number of aliphatic hydroxyl groups is 1. The van der Waals surface area contributed by atoms with Crippen molar-refractivity contribution >= 4 is 107 Å². The molecule has 0 saturated carbocycles. The van der Waals surface area contributed by atoms with Crippen LogP contribution in [-0.2, 0) is 15.6 Å². The number of aliphatic hydroxyl groups excluding tert-OH is 1. The second-order valence-corrected chi connectivity index (χ2v) is 28.4. The molecule has 0 spiro atoms. The normalized spacial score (nSPS) is 18.2. The number of fused-ring (bicyclic) bond motifs is 15. The number of hydrogen-bond donors (Lipinski definition) is 1. The summed E-state index contributed by atoms with van der Waals surface area (Å²) in [6.07, 6.45) is 43.4. The Morgan fingerprint density at radius 1 is 0.500 bits per heavy atom. The van der Waals surface area contributed by atoms with E-state index in [-0.39, 0.29) is 16.7 Å². The minimum absolute atomic E-state index is 0.00164. The monoisotopic (exact) mass is 1140 g/mol. The molecule has 6 aliphatic rings. The highest BCUT2D eigenvalue weighted by molar-refractivity contribution is 9.11. The predicted molar refractivity (Wildman–Crippen MR) is 311 cm³/mol. The zero-order valence-electron chi connectivity index (χ0n) is 42.5. The first-order valence-corrected chi connectivity index (χ1v) is 32.7. The van der Waals surface area contributed by atoms with Crippen molar-refractivity contribution in [2.45, 2.75) is 225 Å². The maximum Gasteiger partial charge on any atom is 0.265 e. The second-order valence-electron chi connectivity index (χ2n) is 21.5. The topological polar surface area (TPSA) is 43.8 Å². The lowest BCUT2D eigenvalue weighted by atomic mass is 9.70. The summed E-state index contributed by atoms with van der Waals surface area (Å²) in [5, 5.41) is 12.7. The van der Waals surface area contributed by atoms with Gasteiger partial charge in [-0.15, -0.1) is 45.3 Å². The molecule has 1 amide bonds. The summed E-state index contributed by atoms with van der Waals surface area (Å²) in [5.41, 5.74) is 11.9. The van der Waals surface area contributed by atoms with Gasteiger partial charge in [-0.3, -0.25) is 9.69 Å². The van der Waals surface area contributed by atoms with Gasteiger partial charge < -0.3 is 10.0 Å². The number of halogens is 2. The summed E-state index contributed by atoms with van der Waals surface area (Å²) in [6.45, 7) is 9.23. The third-order valence-electron chi connectivity index (χ3n) is 17.0. The van der Waals surface area contributed by atoms with Gasteiger partial charge in [-0.05, 0) is 104 Å². The van der Waals surface area contributed by atoms with Gasteiger partial charge in [0.05, 0.1) is 44.0 Å².